The van der Waals surface area contributed by atoms with Gasteiger partial charge in [-0.25, -0.2) is 0 Å². The van der Waals surface area contributed by atoms with Crippen LogP contribution in [0.3, 0.4) is 0 Å². The molecule has 0 aromatic heterocycles. The minimum atomic E-state index is 0.537. The molecule has 16 heavy (non-hydrogen) atoms. The first kappa shape index (κ1) is 12.2. The van der Waals surface area contributed by atoms with E-state index in [4.69, 9.17) is 9.73 Å². The van der Waals surface area contributed by atoms with Gasteiger partial charge in [-0.05, 0) is 18.3 Å². The van der Waals surface area contributed by atoms with Crippen LogP contribution in [0.4, 0.5) is 0 Å². The van der Waals surface area contributed by atoms with Crippen molar-refractivity contribution in [3.05, 3.63) is 0 Å². The highest BCUT2D eigenvalue weighted by Crippen LogP contribution is 2.41. The first-order chi connectivity index (χ1) is 7.85. The minimum Gasteiger partial charge on any atom is -0.383 e. The topological polar surface area (TPSA) is 33.6 Å². The standard InChI is InChI=1S/C12H22N2OS/c1-15-8-7-13-11-14-9-12(10-16-11)5-3-2-4-6-12/h2-10H2,1H3,(H,13,14). The van der Waals surface area contributed by atoms with E-state index in [2.05, 4.69) is 5.32 Å². The lowest BCUT2D eigenvalue weighted by molar-refractivity contribution is 0.203. The minimum absolute atomic E-state index is 0.537. The summed E-state index contributed by atoms with van der Waals surface area (Å²) in [7, 11) is 1.73. The van der Waals surface area contributed by atoms with E-state index in [1.807, 2.05) is 11.8 Å². The van der Waals surface area contributed by atoms with Crippen molar-refractivity contribution >= 4 is 16.9 Å². The Hall–Kier alpha value is -0.220. The van der Waals surface area contributed by atoms with Crippen molar-refractivity contribution in [3.8, 4) is 0 Å². The van der Waals surface area contributed by atoms with Gasteiger partial charge in [0.2, 0.25) is 0 Å². The number of ether oxygens (including phenoxy) is 1. The van der Waals surface area contributed by atoms with E-state index in [9.17, 15) is 0 Å². The van der Waals surface area contributed by atoms with Crippen molar-refractivity contribution < 1.29 is 4.74 Å². The molecule has 0 bridgehead atoms. The van der Waals surface area contributed by atoms with E-state index in [-0.39, 0.29) is 0 Å². The highest BCUT2D eigenvalue weighted by atomic mass is 32.2. The second kappa shape index (κ2) is 5.92. The number of nitrogens with zero attached hydrogens (tertiary/aromatic N) is 1. The summed E-state index contributed by atoms with van der Waals surface area (Å²) in [6.45, 7) is 2.66. The van der Waals surface area contributed by atoms with Crippen LogP contribution < -0.4 is 5.32 Å². The van der Waals surface area contributed by atoms with Gasteiger partial charge in [-0.3, -0.25) is 4.99 Å². The summed E-state index contributed by atoms with van der Waals surface area (Å²) in [5, 5.41) is 4.45. The Morgan fingerprint density at radius 1 is 1.38 bits per heavy atom. The van der Waals surface area contributed by atoms with Crippen molar-refractivity contribution in [2.24, 2.45) is 10.4 Å². The fraction of sp³-hybridized carbons (Fsp3) is 0.917. The number of rotatable bonds is 3. The summed E-state index contributed by atoms with van der Waals surface area (Å²) in [5.41, 5.74) is 0.537. The lowest BCUT2D eigenvalue weighted by Crippen LogP contribution is -2.37. The predicted octanol–water partition coefficient (Wildman–Crippen LogP) is 2.28. The third kappa shape index (κ3) is 3.14. The van der Waals surface area contributed by atoms with Gasteiger partial charge in [0.1, 0.15) is 0 Å². The Kier molecular flexibility index (Phi) is 4.53. The van der Waals surface area contributed by atoms with Gasteiger partial charge < -0.3 is 10.1 Å². The molecule has 1 fully saturated rings. The van der Waals surface area contributed by atoms with Gasteiger partial charge in [-0.15, -0.1) is 0 Å². The predicted molar refractivity (Wildman–Crippen MR) is 70.2 cm³/mol. The SMILES string of the molecule is COCCNC1=NCC2(CCCCC2)CS1. The Bertz CT molecular complexity index is 249. The van der Waals surface area contributed by atoms with Crippen LogP contribution >= 0.6 is 11.8 Å². The average Bonchev–Trinajstić information content (AvgIpc) is 2.33. The fourth-order valence-corrected chi connectivity index (χ4v) is 3.71. The van der Waals surface area contributed by atoms with E-state index >= 15 is 0 Å². The maximum Gasteiger partial charge on any atom is 0.156 e. The zero-order valence-electron chi connectivity index (χ0n) is 10.1. The first-order valence-electron chi connectivity index (χ1n) is 6.25. The molecule has 1 aliphatic carbocycles. The molecule has 3 nitrogen and oxygen atoms in total. The summed E-state index contributed by atoms with van der Waals surface area (Å²) in [5.74, 6) is 1.26. The van der Waals surface area contributed by atoms with Crippen LogP contribution in [0, 0.1) is 5.41 Å². The molecule has 0 radical (unpaired) electrons. The largest absolute Gasteiger partial charge is 0.383 e. The summed E-state index contributed by atoms with van der Waals surface area (Å²) in [6.07, 6.45) is 7.00. The Labute approximate surface area is 102 Å². The van der Waals surface area contributed by atoms with Crippen molar-refractivity contribution in [1.29, 1.82) is 0 Å². The Morgan fingerprint density at radius 2 is 2.19 bits per heavy atom. The zero-order chi connectivity index (χ0) is 11.3. The lowest BCUT2D eigenvalue weighted by Gasteiger charge is -2.38. The molecule has 0 unspecified atom stereocenters. The Balaban J connectivity index is 1.79. The molecule has 4 heteroatoms. The molecule has 0 aromatic carbocycles. The molecule has 1 spiro atoms. The molecule has 0 aromatic rings. The van der Waals surface area contributed by atoms with Crippen LogP contribution in [-0.2, 0) is 4.74 Å². The van der Waals surface area contributed by atoms with Crippen LogP contribution in [0.5, 0.6) is 0 Å². The molecular formula is C12H22N2OS. The van der Waals surface area contributed by atoms with Gasteiger partial charge in [0, 0.05) is 26.0 Å². The lowest BCUT2D eigenvalue weighted by atomic mass is 9.75. The van der Waals surface area contributed by atoms with E-state index in [0.29, 0.717) is 5.41 Å². The number of aliphatic imine (C=N–C) groups is 1. The average molecular weight is 242 g/mol. The quantitative estimate of drug-likeness (QED) is 0.771. The first-order valence-corrected chi connectivity index (χ1v) is 7.23. The molecule has 0 amide bonds. The summed E-state index contributed by atoms with van der Waals surface area (Å²) < 4.78 is 5.02. The van der Waals surface area contributed by atoms with Gasteiger partial charge in [0.15, 0.2) is 5.17 Å². The molecule has 2 rings (SSSR count). The van der Waals surface area contributed by atoms with Crippen LogP contribution in [0.2, 0.25) is 0 Å². The van der Waals surface area contributed by atoms with E-state index < -0.39 is 0 Å². The molecular weight excluding hydrogens is 220 g/mol. The summed E-state index contributed by atoms with van der Waals surface area (Å²) in [4.78, 5) is 4.69. The van der Waals surface area contributed by atoms with Crippen molar-refractivity contribution in [3.63, 3.8) is 0 Å². The van der Waals surface area contributed by atoms with Gasteiger partial charge >= 0.3 is 0 Å². The second-order valence-corrected chi connectivity index (χ2v) is 5.85. The molecule has 2 aliphatic rings. The number of thioether (sulfide) groups is 1. The molecule has 92 valence electrons. The number of hydrogen-bond acceptors (Lipinski definition) is 4. The third-order valence-electron chi connectivity index (χ3n) is 3.57. The van der Waals surface area contributed by atoms with Crippen molar-refractivity contribution in [2.45, 2.75) is 32.1 Å². The van der Waals surface area contributed by atoms with Crippen LogP contribution in [-0.4, -0.2) is 37.7 Å². The molecule has 1 heterocycles. The molecule has 1 aliphatic heterocycles. The van der Waals surface area contributed by atoms with E-state index in [1.165, 1.54) is 37.9 Å². The summed E-state index contributed by atoms with van der Waals surface area (Å²) >= 11 is 1.90. The maximum absolute atomic E-state index is 5.02. The van der Waals surface area contributed by atoms with Crippen LogP contribution in [0.15, 0.2) is 4.99 Å². The second-order valence-electron chi connectivity index (χ2n) is 4.89. The van der Waals surface area contributed by atoms with Crippen molar-refractivity contribution in [2.75, 3.05) is 32.6 Å². The number of methoxy groups -OCH3 is 1. The van der Waals surface area contributed by atoms with E-state index in [1.54, 1.807) is 7.11 Å². The number of nitrogens with one attached hydrogen (secondary N) is 1. The van der Waals surface area contributed by atoms with E-state index in [0.717, 1.165) is 24.9 Å². The molecule has 1 N–H and O–H groups in total. The highest BCUT2D eigenvalue weighted by Gasteiger charge is 2.34. The highest BCUT2D eigenvalue weighted by molar-refractivity contribution is 8.13. The smallest absolute Gasteiger partial charge is 0.156 e. The van der Waals surface area contributed by atoms with Gasteiger partial charge in [-0.2, -0.15) is 0 Å². The normalized spacial score (nSPS) is 24.2. The zero-order valence-corrected chi connectivity index (χ0v) is 10.9. The third-order valence-corrected chi connectivity index (χ3v) is 4.87. The fourth-order valence-electron chi connectivity index (χ4n) is 2.52. The Morgan fingerprint density at radius 3 is 2.81 bits per heavy atom. The number of amidine groups is 1. The van der Waals surface area contributed by atoms with Gasteiger partial charge in [0.25, 0.3) is 0 Å². The monoisotopic (exact) mass is 242 g/mol. The number of hydrogen-bond donors (Lipinski definition) is 1. The molecule has 0 saturated heterocycles. The van der Waals surface area contributed by atoms with Gasteiger partial charge in [-0.1, -0.05) is 31.0 Å². The van der Waals surface area contributed by atoms with Crippen molar-refractivity contribution in [1.82, 2.24) is 5.32 Å². The maximum atomic E-state index is 5.02. The van der Waals surface area contributed by atoms with Crippen LogP contribution in [0.1, 0.15) is 32.1 Å². The van der Waals surface area contributed by atoms with Gasteiger partial charge in [0.05, 0.1) is 6.61 Å². The summed E-state index contributed by atoms with van der Waals surface area (Å²) in [6, 6.07) is 0. The molecule has 0 atom stereocenters. The molecule has 1 saturated carbocycles. The van der Waals surface area contributed by atoms with Crippen LogP contribution in [0.25, 0.3) is 0 Å².